The van der Waals surface area contributed by atoms with Gasteiger partial charge in [0.25, 0.3) is 5.91 Å². The molecular weight excluding hydrogens is 468 g/mol. The van der Waals surface area contributed by atoms with E-state index in [2.05, 4.69) is 0 Å². The van der Waals surface area contributed by atoms with Gasteiger partial charge in [-0.05, 0) is 35.4 Å². The minimum atomic E-state index is -1.16. The van der Waals surface area contributed by atoms with Gasteiger partial charge in [-0.2, -0.15) is 0 Å². The predicted molar refractivity (Wildman–Crippen MR) is 141 cm³/mol. The van der Waals surface area contributed by atoms with Crippen molar-refractivity contribution in [3.8, 4) is 5.75 Å². The van der Waals surface area contributed by atoms with Gasteiger partial charge < -0.3 is 24.2 Å². The van der Waals surface area contributed by atoms with E-state index in [1.165, 1.54) is 0 Å². The summed E-state index contributed by atoms with van der Waals surface area (Å²) in [6, 6.07) is 27.4. The van der Waals surface area contributed by atoms with Crippen molar-refractivity contribution >= 4 is 11.8 Å². The molecule has 0 saturated carbocycles. The molecule has 0 bridgehead atoms. The summed E-state index contributed by atoms with van der Waals surface area (Å²) in [6.07, 6.45) is 0.400. The van der Waals surface area contributed by atoms with Crippen LogP contribution in [-0.4, -0.2) is 66.9 Å². The third kappa shape index (κ3) is 5.53. The standard InChI is InChI=1S/C30H32N2O5/c33-18-7-19-36-26-14-12-25(13-15-26)28-31-30(22-23-8-3-1-4-9-23,29(34)32-16-20-35-21-17-32)27(37-28)24-10-5-2-6-11-24/h1-6,8-15,27,33H,7,16-22H2/t27-,30-/m1/s1. The molecule has 2 atom stereocenters. The van der Waals surface area contributed by atoms with Crippen LogP contribution in [0.15, 0.2) is 89.9 Å². The number of hydrogen-bond acceptors (Lipinski definition) is 6. The van der Waals surface area contributed by atoms with Gasteiger partial charge in [-0.1, -0.05) is 60.7 Å². The minimum absolute atomic E-state index is 0.0486. The second-order valence-corrected chi connectivity index (χ2v) is 9.27. The fraction of sp³-hybridized carbons (Fsp3) is 0.333. The number of amides is 1. The van der Waals surface area contributed by atoms with Crippen LogP contribution < -0.4 is 4.74 Å². The highest BCUT2D eigenvalue weighted by Gasteiger charge is 2.54. The zero-order valence-corrected chi connectivity index (χ0v) is 20.8. The molecule has 0 unspecified atom stereocenters. The number of rotatable bonds is 9. The molecule has 7 nitrogen and oxygen atoms in total. The average Bonchev–Trinajstić information content (AvgIpc) is 3.35. The van der Waals surface area contributed by atoms with Gasteiger partial charge >= 0.3 is 0 Å². The maximum atomic E-state index is 14.3. The predicted octanol–water partition coefficient (Wildman–Crippen LogP) is 3.81. The second-order valence-electron chi connectivity index (χ2n) is 9.27. The van der Waals surface area contributed by atoms with E-state index in [1.54, 1.807) is 0 Å². The number of aliphatic imine (C=N–C) groups is 1. The monoisotopic (exact) mass is 500 g/mol. The van der Waals surface area contributed by atoms with Gasteiger partial charge in [0.1, 0.15) is 5.75 Å². The Kier molecular flexibility index (Phi) is 7.82. The Morgan fingerprint density at radius 2 is 1.65 bits per heavy atom. The quantitative estimate of drug-likeness (QED) is 0.452. The van der Waals surface area contributed by atoms with Crippen LogP contribution in [0, 0.1) is 0 Å². The van der Waals surface area contributed by atoms with E-state index in [4.69, 9.17) is 24.3 Å². The van der Waals surface area contributed by atoms with Crippen molar-refractivity contribution in [1.29, 1.82) is 0 Å². The van der Waals surface area contributed by atoms with Crippen LogP contribution in [0.4, 0.5) is 0 Å². The average molecular weight is 501 g/mol. The molecule has 2 heterocycles. The molecule has 1 N–H and O–H groups in total. The molecular formula is C30H32N2O5. The van der Waals surface area contributed by atoms with E-state index >= 15 is 0 Å². The van der Waals surface area contributed by atoms with Gasteiger partial charge in [-0.3, -0.25) is 4.79 Å². The molecule has 7 heteroatoms. The highest BCUT2D eigenvalue weighted by molar-refractivity contribution is 6.01. The first-order valence-electron chi connectivity index (χ1n) is 12.8. The molecule has 2 aliphatic rings. The number of benzene rings is 3. The SMILES string of the molecule is O=C(N1CCOCC1)[C@]1(Cc2ccccc2)N=C(c2ccc(OCCCO)cc2)O[C@@H]1c1ccccc1. The molecule has 0 radical (unpaired) electrons. The maximum Gasteiger partial charge on any atom is 0.255 e. The molecule has 3 aromatic carbocycles. The van der Waals surface area contributed by atoms with Crippen LogP contribution in [0.25, 0.3) is 0 Å². The lowest BCUT2D eigenvalue weighted by Crippen LogP contribution is -2.54. The summed E-state index contributed by atoms with van der Waals surface area (Å²) in [5, 5.41) is 8.99. The van der Waals surface area contributed by atoms with Gasteiger partial charge in [0.05, 0.1) is 19.8 Å². The first-order chi connectivity index (χ1) is 18.2. The topological polar surface area (TPSA) is 80.6 Å². The van der Waals surface area contributed by atoms with Gasteiger partial charge in [0.2, 0.25) is 5.90 Å². The zero-order valence-electron chi connectivity index (χ0n) is 20.8. The van der Waals surface area contributed by atoms with Crippen molar-refractivity contribution in [1.82, 2.24) is 4.90 Å². The number of aliphatic hydroxyl groups is 1. The Balaban J connectivity index is 1.55. The third-order valence-electron chi connectivity index (χ3n) is 6.72. The Morgan fingerprint density at radius 3 is 2.32 bits per heavy atom. The van der Waals surface area contributed by atoms with Crippen LogP contribution in [0.2, 0.25) is 0 Å². The van der Waals surface area contributed by atoms with Crippen molar-refractivity contribution in [2.45, 2.75) is 24.5 Å². The second kappa shape index (κ2) is 11.6. The lowest BCUT2D eigenvalue weighted by atomic mass is 9.81. The first-order valence-corrected chi connectivity index (χ1v) is 12.8. The van der Waals surface area contributed by atoms with E-state index in [0.717, 1.165) is 16.7 Å². The van der Waals surface area contributed by atoms with Gasteiger partial charge in [-0.25, -0.2) is 4.99 Å². The van der Waals surface area contributed by atoms with E-state index in [9.17, 15) is 4.79 Å². The fourth-order valence-corrected chi connectivity index (χ4v) is 4.84. The summed E-state index contributed by atoms with van der Waals surface area (Å²) in [5.41, 5.74) is 1.54. The van der Waals surface area contributed by atoms with E-state index < -0.39 is 11.6 Å². The third-order valence-corrected chi connectivity index (χ3v) is 6.72. The molecule has 0 spiro atoms. The Labute approximate surface area is 217 Å². The normalized spacial score (nSPS) is 21.3. The smallest absolute Gasteiger partial charge is 0.255 e. The Morgan fingerprint density at radius 1 is 0.973 bits per heavy atom. The summed E-state index contributed by atoms with van der Waals surface area (Å²) < 4.78 is 17.8. The Hall–Kier alpha value is -3.68. The largest absolute Gasteiger partial charge is 0.494 e. The summed E-state index contributed by atoms with van der Waals surface area (Å²) in [4.78, 5) is 21.3. The highest BCUT2D eigenvalue weighted by Crippen LogP contribution is 2.43. The summed E-state index contributed by atoms with van der Waals surface area (Å²) in [5.74, 6) is 1.09. The molecule has 3 aromatic rings. The Bertz CT molecular complexity index is 1190. The number of aliphatic hydroxyl groups excluding tert-OH is 1. The van der Waals surface area contributed by atoms with Crippen LogP contribution in [0.5, 0.6) is 5.75 Å². The van der Waals surface area contributed by atoms with E-state index in [-0.39, 0.29) is 12.5 Å². The lowest BCUT2D eigenvalue weighted by Gasteiger charge is -2.37. The molecule has 5 rings (SSSR count). The number of carbonyl (C=O) groups is 1. The van der Waals surface area contributed by atoms with Crippen LogP contribution in [-0.2, 0) is 20.7 Å². The molecule has 2 aliphatic heterocycles. The van der Waals surface area contributed by atoms with Crippen LogP contribution >= 0.6 is 0 Å². The molecule has 0 aromatic heterocycles. The summed E-state index contributed by atoms with van der Waals surface area (Å²) in [7, 11) is 0. The zero-order chi connectivity index (χ0) is 25.5. The van der Waals surface area contributed by atoms with Crippen LogP contribution in [0.1, 0.15) is 29.2 Å². The highest BCUT2D eigenvalue weighted by atomic mass is 16.5. The lowest BCUT2D eigenvalue weighted by molar-refractivity contribution is -0.143. The van der Waals surface area contributed by atoms with Crippen LogP contribution in [0.3, 0.4) is 0 Å². The van der Waals surface area contributed by atoms with Crippen molar-refractivity contribution in [2.24, 2.45) is 4.99 Å². The fourth-order valence-electron chi connectivity index (χ4n) is 4.84. The number of hydrogen-bond donors (Lipinski definition) is 1. The number of morpholine rings is 1. The van der Waals surface area contributed by atoms with Crippen molar-refractivity contribution in [2.75, 3.05) is 39.5 Å². The summed E-state index contributed by atoms with van der Waals surface area (Å²) >= 11 is 0. The van der Waals surface area contributed by atoms with Crippen molar-refractivity contribution in [3.63, 3.8) is 0 Å². The molecule has 192 valence electrons. The molecule has 0 aliphatic carbocycles. The molecule has 1 amide bonds. The number of carbonyl (C=O) groups excluding carboxylic acids is 1. The first kappa shape index (κ1) is 25.0. The molecule has 1 fully saturated rings. The molecule has 37 heavy (non-hydrogen) atoms. The van der Waals surface area contributed by atoms with Gasteiger partial charge in [-0.15, -0.1) is 0 Å². The molecule has 1 saturated heterocycles. The van der Waals surface area contributed by atoms with E-state index in [1.807, 2.05) is 89.8 Å². The number of nitrogens with zero attached hydrogens (tertiary/aromatic N) is 2. The maximum absolute atomic E-state index is 14.3. The van der Waals surface area contributed by atoms with Crippen molar-refractivity contribution < 1.29 is 24.1 Å². The van der Waals surface area contributed by atoms with E-state index in [0.29, 0.717) is 57.4 Å². The van der Waals surface area contributed by atoms with Crippen molar-refractivity contribution in [3.05, 3.63) is 102 Å². The van der Waals surface area contributed by atoms with Gasteiger partial charge in [0.15, 0.2) is 11.6 Å². The number of ether oxygens (including phenoxy) is 3. The minimum Gasteiger partial charge on any atom is -0.494 e. The van der Waals surface area contributed by atoms with Gasteiger partial charge in [0, 0.05) is 38.1 Å². The summed E-state index contributed by atoms with van der Waals surface area (Å²) in [6.45, 7) is 2.61.